The molecular weight excluding hydrogens is 247 g/mol. The van der Waals surface area contributed by atoms with Crippen LogP contribution in [0.15, 0.2) is 18.3 Å². The van der Waals surface area contributed by atoms with E-state index in [0.717, 1.165) is 12.6 Å². The van der Waals surface area contributed by atoms with Crippen LogP contribution in [0.4, 0.5) is 19.0 Å². The van der Waals surface area contributed by atoms with Gasteiger partial charge in [0, 0.05) is 25.8 Å². The summed E-state index contributed by atoms with van der Waals surface area (Å²) >= 11 is 0. The number of nitrogens with one attached hydrogen (secondary N) is 2. The molecule has 1 aromatic rings. The van der Waals surface area contributed by atoms with Gasteiger partial charge in [0.2, 0.25) is 0 Å². The summed E-state index contributed by atoms with van der Waals surface area (Å²) in [6.45, 7) is 2.27. The first-order valence-electron chi connectivity index (χ1n) is 5.66. The maximum absolute atomic E-state index is 12.7. The van der Waals surface area contributed by atoms with E-state index in [2.05, 4.69) is 15.6 Å². The van der Waals surface area contributed by atoms with Crippen LogP contribution in [0.3, 0.4) is 0 Å². The maximum atomic E-state index is 12.7. The molecule has 2 rings (SSSR count). The van der Waals surface area contributed by atoms with Gasteiger partial charge < -0.3 is 15.4 Å². The number of anilines is 1. The third-order valence-electron chi connectivity index (χ3n) is 2.61. The monoisotopic (exact) mass is 261 g/mol. The van der Waals surface area contributed by atoms with Crippen molar-refractivity contribution in [3.8, 4) is 0 Å². The summed E-state index contributed by atoms with van der Waals surface area (Å²) < 4.78 is 43.5. The van der Waals surface area contributed by atoms with Crippen molar-refractivity contribution < 1.29 is 17.9 Å². The van der Waals surface area contributed by atoms with Gasteiger partial charge in [0.15, 0.2) is 0 Å². The standard InChI is InChI=1S/C11H14F3N3O/c12-11(13,14)9-2-1-3-16-10(9)17-7-8-6-15-4-5-18-8/h1-3,8,15H,4-7H2,(H,16,17)/t8-/m1/s1. The number of alkyl halides is 3. The van der Waals surface area contributed by atoms with Crippen LogP contribution in [0.2, 0.25) is 0 Å². The van der Waals surface area contributed by atoms with Gasteiger partial charge >= 0.3 is 6.18 Å². The second-order valence-electron chi connectivity index (χ2n) is 3.98. The molecule has 1 aromatic heterocycles. The van der Waals surface area contributed by atoms with Crippen LogP contribution in [0.5, 0.6) is 0 Å². The van der Waals surface area contributed by atoms with Crippen LogP contribution < -0.4 is 10.6 Å². The van der Waals surface area contributed by atoms with Crippen molar-refractivity contribution in [3.63, 3.8) is 0 Å². The zero-order valence-corrected chi connectivity index (χ0v) is 9.63. The highest BCUT2D eigenvalue weighted by molar-refractivity contribution is 5.45. The van der Waals surface area contributed by atoms with Gasteiger partial charge in [0.05, 0.1) is 18.3 Å². The van der Waals surface area contributed by atoms with Crippen LogP contribution in [0.25, 0.3) is 0 Å². The molecule has 0 amide bonds. The molecule has 4 nitrogen and oxygen atoms in total. The summed E-state index contributed by atoms with van der Waals surface area (Å²) in [5.41, 5.74) is -0.756. The predicted octanol–water partition coefficient (Wildman–Crippen LogP) is 1.50. The van der Waals surface area contributed by atoms with Gasteiger partial charge in [-0.25, -0.2) is 4.98 Å². The molecule has 1 aliphatic rings. The van der Waals surface area contributed by atoms with Gasteiger partial charge in [-0.3, -0.25) is 0 Å². The number of hydrogen-bond acceptors (Lipinski definition) is 4. The number of ether oxygens (including phenoxy) is 1. The van der Waals surface area contributed by atoms with Crippen LogP contribution in [0, 0.1) is 0 Å². The van der Waals surface area contributed by atoms with E-state index in [9.17, 15) is 13.2 Å². The molecule has 0 aromatic carbocycles. The number of aromatic nitrogens is 1. The number of morpholine rings is 1. The molecule has 1 fully saturated rings. The van der Waals surface area contributed by atoms with E-state index < -0.39 is 11.7 Å². The summed E-state index contributed by atoms with van der Waals surface area (Å²) in [5.74, 6) is -0.154. The number of nitrogens with zero attached hydrogens (tertiary/aromatic N) is 1. The van der Waals surface area contributed by atoms with Gasteiger partial charge in [-0.2, -0.15) is 13.2 Å². The summed E-state index contributed by atoms with van der Waals surface area (Å²) in [7, 11) is 0. The molecule has 0 radical (unpaired) electrons. The van der Waals surface area contributed by atoms with E-state index in [0.29, 0.717) is 19.7 Å². The van der Waals surface area contributed by atoms with Crippen molar-refractivity contribution in [2.75, 3.05) is 31.6 Å². The van der Waals surface area contributed by atoms with Crippen LogP contribution in [0.1, 0.15) is 5.56 Å². The zero-order valence-electron chi connectivity index (χ0n) is 9.63. The molecule has 18 heavy (non-hydrogen) atoms. The molecule has 0 aliphatic carbocycles. The number of halogens is 3. The quantitative estimate of drug-likeness (QED) is 0.865. The largest absolute Gasteiger partial charge is 0.419 e. The van der Waals surface area contributed by atoms with E-state index in [-0.39, 0.29) is 11.9 Å². The van der Waals surface area contributed by atoms with Gasteiger partial charge in [-0.15, -0.1) is 0 Å². The van der Waals surface area contributed by atoms with Gasteiger partial charge in [-0.05, 0) is 12.1 Å². The second-order valence-corrected chi connectivity index (χ2v) is 3.98. The molecule has 0 bridgehead atoms. The first-order chi connectivity index (χ1) is 8.57. The Morgan fingerprint density at radius 2 is 2.33 bits per heavy atom. The van der Waals surface area contributed by atoms with Crippen molar-refractivity contribution in [1.82, 2.24) is 10.3 Å². The first kappa shape index (κ1) is 13.1. The van der Waals surface area contributed by atoms with Gasteiger partial charge in [0.25, 0.3) is 0 Å². The van der Waals surface area contributed by atoms with E-state index in [1.165, 1.54) is 12.3 Å². The highest BCUT2D eigenvalue weighted by Crippen LogP contribution is 2.33. The van der Waals surface area contributed by atoms with Crippen molar-refractivity contribution >= 4 is 5.82 Å². The third kappa shape index (κ3) is 3.33. The SMILES string of the molecule is FC(F)(F)c1cccnc1NC[C@H]1CNCCO1. The molecule has 100 valence electrons. The lowest BCUT2D eigenvalue weighted by Gasteiger charge is -2.24. The predicted molar refractivity (Wildman–Crippen MR) is 60.3 cm³/mol. The average molecular weight is 261 g/mol. The minimum Gasteiger partial charge on any atom is -0.374 e. The minimum atomic E-state index is -4.40. The van der Waals surface area contributed by atoms with Gasteiger partial charge in [-0.1, -0.05) is 0 Å². The average Bonchev–Trinajstić information content (AvgIpc) is 2.37. The zero-order chi connectivity index (χ0) is 13.0. The molecule has 0 spiro atoms. The van der Waals surface area contributed by atoms with E-state index in [1.54, 1.807) is 0 Å². The fourth-order valence-electron chi connectivity index (χ4n) is 1.74. The Balaban J connectivity index is 2.00. The summed E-state index contributed by atoms with van der Waals surface area (Å²) in [6.07, 6.45) is -3.21. The Labute approximate surface area is 103 Å². The Hall–Kier alpha value is -1.34. The van der Waals surface area contributed by atoms with E-state index in [1.807, 2.05) is 0 Å². The van der Waals surface area contributed by atoms with Crippen molar-refractivity contribution in [1.29, 1.82) is 0 Å². The van der Waals surface area contributed by atoms with Crippen molar-refractivity contribution in [2.45, 2.75) is 12.3 Å². The first-order valence-corrected chi connectivity index (χ1v) is 5.66. The molecule has 0 unspecified atom stereocenters. The lowest BCUT2D eigenvalue weighted by Crippen LogP contribution is -2.42. The topological polar surface area (TPSA) is 46.2 Å². The fourth-order valence-corrected chi connectivity index (χ4v) is 1.74. The smallest absolute Gasteiger partial charge is 0.374 e. The molecular formula is C11H14F3N3O. The van der Waals surface area contributed by atoms with Gasteiger partial charge in [0.1, 0.15) is 5.82 Å². The lowest BCUT2D eigenvalue weighted by atomic mass is 10.2. The van der Waals surface area contributed by atoms with E-state index in [4.69, 9.17) is 4.74 Å². The minimum absolute atomic E-state index is 0.137. The van der Waals surface area contributed by atoms with Crippen molar-refractivity contribution in [2.24, 2.45) is 0 Å². The van der Waals surface area contributed by atoms with E-state index >= 15 is 0 Å². The lowest BCUT2D eigenvalue weighted by molar-refractivity contribution is -0.137. The molecule has 1 saturated heterocycles. The fraction of sp³-hybridized carbons (Fsp3) is 0.545. The summed E-state index contributed by atoms with van der Waals surface area (Å²) in [6, 6.07) is 2.28. The Bertz CT molecular complexity index is 391. The Kier molecular flexibility index (Phi) is 4.03. The van der Waals surface area contributed by atoms with Crippen LogP contribution in [-0.2, 0) is 10.9 Å². The third-order valence-corrected chi connectivity index (χ3v) is 2.61. The Morgan fingerprint density at radius 1 is 1.50 bits per heavy atom. The van der Waals surface area contributed by atoms with Crippen molar-refractivity contribution in [3.05, 3.63) is 23.9 Å². The highest BCUT2D eigenvalue weighted by atomic mass is 19.4. The summed E-state index contributed by atoms with van der Waals surface area (Å²) in [5, 5.41) is 5.80. The molecule has 2 heterocycles. The second kappa shape index (κ2) is 5.53. The Morgan fingerprint density at radius 3 is 3.00 bits per heavy atom. The van der Waals surface area contributed by atoms with Crippen LogP contribution in [-0.4, -0.2) is 37.3 Å². The highest BCUT2D eigenvalue weighted by Gasteiger charge is 2.34. The normalized spacial score (nSPS) is 20.7. The number of rotatable bonds is 3. The van der Waals surface area contributed by atoms with Crippen LogP contribution >= 0.6 is 0 Å². The number of pyridine rings is 1. The maximum Gasteiger partial charge on any atom is 0.419 e. The molecule has 0 saturated carbocycles. The number of hydrogen-bond donors (Lipinski definition) is 2. The molecule has 1 atom stereocenters. The molecule has 2 N–H and O–H groups in total. The molecule has 1 aliphatic heterocycles. The summed E-state index contributed by atoms with van der Waals surface area (Å²) in [4.78, 5) is 3.72. The molecule has 7 heteroatoms.